The lowest BCUT2D eigenvalue weighted by atomic mass is 9.73. The topological polar surface area (TPSA) is 49.3 Å². The van der Waals surface area contributed by atoms with Crippen molar-refractivity contribution in [1.82, 2.24) is 5.32 Å². The highest BCUT2D eigenvalue weighted by atomic mass is 16.4. The lowest BCUT2D eigenvalue weighted by Crippen LogP contribution is -2.25. The van der Waals surface area contributed by atoms with Gasteiger partial charge < -0.3 is 10.4 Å². The summed E-state index contributed by atoms with van der Waals surface area (Å²) in [6, 6.07) is 0. The van der Waals surface area contributed by atoms with Crippen LogP contribution in [-0.2, 0) is 4.79 Å². The zero-order valence-corrected chi connectivity index (χ0v) is 8.60. The van der Waals surface area contributed by atoms with Crippen molar-refractivity contribution in [3.63, 3.8) is 0 Å². The van der Waals surface area contributed by atoms with Crippen LogP contribution in [0, 0.1) is 5.41 Å². The van der Waals surface area contributed by atoms with E-state index in [0.717, 1.165) is 11.3 Å². The second-order valence-corrected chi connectivity index (χ2v) is 4.13. The molecule has 0 saturated heterocycles. The number of carboxylic acids is 1. The Labute approximate surface area is 93.2 Å². The van der Waals surface area contributed by atoms with E-state index < -0.39 is 5.97 Å². The van der Waals surface area contributed by atoms with Gasteiger partial charge in [-0.15, -0.1) is 0 Å². The second kappa shape index (κ2) is 2.98. The highest BCUT2D eigenvalue weighted by molar-refractivity contribution is 5.88. The maximum absolute atomic E-state index is 11.0. The Hall–Kier alpha value is -2.03. The van der Waals surface area contributed by atoms with Gasteiger partial charge in [-0.1, -0.05) is 36.5 Å². The summed E-state index contributed by atoms with van der Waals surface area (Å²) in [6.07, 6.45) is 14.2. The van der Waals surface area contributed by atoms with Crippen LogP contribution in [0.1, 0.15) is 6.42 Å². The smallest absolute Gasteiger partial charge is 0.331 e. The fourth-order valence-electron chi connectivity index (χ4n) is 2.42. The highest BCUT2D eigenvalue weighted by Crippen LogP contribution is 2.47. The lowest BCUT2D eigenvalue weighted by molar-refractivity contribution is -0.132. The molecule has 0 aromatic rings. The molecule has 1 aliphatic heterocycles. The van der Waals surface area contributed by atoms with Crippen molar-refractivity contribution in [3.05, 3.63) is 59.5 Å². The van der Waals surface area contributed by atoms with Gasteiger partial charge in [-0.3, -0.25) is 0 Å². The molecule has 0 aromatic carbocycles. The van der Waals surface area contributed by atoms with Crippen LogP contribution in [0.5, 0.6) is 0 Å². The van der Waals surface area contributed by atoms with Crippen molar-refractivity contribution in [2.45, 2.75) is 6.42 Å². The molecular formula is C13H11NO2. The minimum atomic E-state index is -0.834. The first-order valence-electron chi connectivity index (χ1n) is 5.21. The predicted octanol–water partition coefficient (Wildman–Crippen LogP) is 1.88. The Kier molecular flexibility index (Phi) is 1.72. The number of hydrogen-bond acceptors (Lipinski definition) is 2. The number of allylic oxidation sites excluding steroid dienone is 5. The molecule has 0 aromatic heterocycles. The fourth-order valence-corrected chi connectivity index (χ4v) is 2.42. The molecule has 2 N–H and O–H groups in total. The number of carboxylic acid groups (broad SMARTS) is 1. The molecule has 2 aliphatic carbocycles. The Balaban J connectivity index is 2.15. The van der Waals surface area contributed by atoms with E-state index in [1.54, 1.807) is 0 Å². The van der Waals surface area contributed by atoms with Gasteiger partial charge >= 0.3 is 5.97 Å². The Bertz CT molecular complexity index is 520. The van der Waals surface area contributed by atoms with Gasteiger partial charge in [-0.05, 0) is 12.0 Å². The summed E-state index contributed by atoms with van der Waals surface area (Å²) in [7, 11) is 0. The maximum atomic E-state index is 11.0. The van der Waals surface area contributed by atoms with Crippen LogP contribution >= 0.6 is 0 Å². The molecule has 0 bridgehead atoms. The lowest BCUT2D eigenvalue weighted by Gasteiger charge is -2.30. The molecule has 0 radical (unpaired) electrons. The third-order valence-corrected chi connectivity index (χ3v) is 3.26. The van der Waals surface area contributed by atoms with Gasteiger partial charge in [0, 0.05) is 17.5 Å². The Morgan fingerprint density at radius 2 is 2.31 bits per heavy atom. The van der Waals surface area contributed by atoms with Gasteiger partial charge in [0.2, 0.25) is 0 Å². The number of rotatable bonds is 1. The Morgan fingerprint density at radius 3 is 3.12 bits per heavy atom. The van der Waals surface area contributed by atoms with Gasteiger partial charge in [0.05, 0.1) is 5.41 Å². The van der Waals surface area contributed by atoms with Gasteiger partial charge in [0.25, 0.3) is 0 Å². The first kappa shape index (κ1) is 9.21. The van der Waals surface area contributed by atoms with Gasteiger partial charge in [-0.2, -0.15) is 0 Å². The summed E-state index contributed by atoms with van der Waals surface area (Å²) < 4.78 is 0. The molecule has 0 amide bonds. The van der Waals surface area contributed by atoms with Gasteiger partial charge in [-0.25, -0.2) is 4.79 Å². The maximum Gasteiger partial charge on any atom is 0.331 e. The van der Waals surface area contributed by atoms with Crippen LogP contribution in [0.15, 0.2) is 59.5 Å². The fraction of sp³-hybridized carbons (Fsp3) is 0.154. The number of hydrogen-bond donors (Lipinski definition) is 2. The van der Waals surface area contributed by atoms with Crippen molar-refractivity contribution in [2.24, 2.45) is 5.41 Å². The molecule has 1 heterocycles. The molecule has 0 fully saturated rings. The molecule has 3 nitrogen and oxygen atoms in total. The van der Waals surface area contributed by atoms with E-state index in [0.29, 0.717) is 12.0 Å². The van der Waals surface area contributed by atoms with E-state index >= 15 is 0 Å². The van der Waals surface area contributed by atoms with Crippen molar-refractivity contribution in [3.8, 4) is 0 Å². The zero-order chi connectivity index (χ0) is 11.2. The highest BCUT2D eigenvalue weighted by Gasteiger charge is 2.40. The van der Waals surface area contributed by atoms with E-state index in [9.17, 15) is 4.79 Å². The third-order valence-electron chi connectivity index (χ3n) is 3.26. The summed E-state index contributed by atoms with van der Waals surface area (Å²) in [5.74, 6) is -0.834. The van der Waals surface area contributed by atoms with Crippen molar-refractivity contribution in [2.75, 3.05) is 0 Å². The molecule has 3 aliphatic rings. The molecule has 1 atom stereocenters. The van der Waals surface area contributed by atoms with Crippen molar-refractivity contribution in [1.29, 1.82) is 0 Å². The largest absolute Gasteiger partial charge is 0.478 e. The third kappa shape index (κ3) is 1.05. The number of nitrogens with one attached hydrogen (secondary N) is 1. The molecule has 0 saturated carbocycles. The van der Waals surface area contributed by atoms with Crippen LogP contribution in [0.25, 0.3) is 0 Å². The van der Waals surface area contributed by atoms with E-state index in [-0.39, 0.29) is 5.41 Å². The molecule has 16 heavy (non-hydrogen) atoms. The molecule has 3 heteroatoms. The first-order valence-corrected chi connectivity index (χ1v) is 5.21. The minimum Gasteiger partial charge on any atom is -0.478 e. The number of aliphatic carboxylic acids is 1. The monoisotopic (exact) mass is 213 g/mol. The minimum absolute atomic E-state index is 0.360. The average molecular weight is 213 g/mol. The van der Waals surface area contributed by atoms with E-state index in [2.05, 4.69) is 5.32 Å². The Morgan fingerprint density at radius 1 is 1.44 bits per heavy atom. The summed E-state index contributed by atoms with van der Waals surface area (Å²) >= 11 is 0. The van der Waals surface area contributed by atoms with Crippen molar-refractivity contribution < 1.29 is 9.90 Å². The summed E-state index contributed by atoms with van der Waals surface area (Å²) in [6.45, 7) is 0. The van der Waals surface area contributed by atoms with E-state index in [4.69, 9.17) is 5.11 Å². The normalized spacial score (nSPS) is 29.6. The van der Waals surface area contributed by atoms with Gasteiger partial charge in [0.15, 0.2) is 0 Å². The van der Waals surface area contributed by atoms with Crippen LogP contribution in [0.3, 0.4) is 0 Å². The molecule has 1 spiro atoms. The summed E-state index contributed by atoms with van der Waals surface area (Å²) in [5.41, 5.74) is 2.26. The molecule has 80 valence electrons. The standard InChI is InChI=1S/C13H11NO2/c15-12(16)9-4-5-11-13(7-9)6-2-1-3-10(13)8-14-11/h1-3,5-8,14H,4H2,(H,15,16). The average Bonchev–Trinajstić information content (AvgIpc) is 2.66. The van der Waals surface area contributed by atoms with Crippen LogP contribution in [-0.4, -0.2) is 11.1 Å². The second-order valence-electron chi connectivity index (χ2n) is 4.13. The van der Waals surface area contributed by atoms with Crippen LogP contribution < -0.4 is 5.32 Å². The first-order chi connectivity index (χ1) is 7.72. The SMILES string of the molecule is O=C(O)C1=CC23C=CC=CC2=CNC3=CC1. The number of carbonyl (C=O) groups is 1. The molecule has 3 rings (SSSR count). The predicted molar refractivity (Wildman–Crippen MR) is 60.4 cm³/mol. The van der Waals surface area contributed by atoms with E-state index in [1.807, 2.05) is 42.7 Å². The summed E-state index contributed by atoms with van der Waals surface area (Å²) in [5, 5.41) is 12.3. The van der Waals surface area contributed by atoms with Gasteiger partial charge in [0.1, 0.15) is 0 Å². The van der Waals surface area contributed by atoms with Crippen molar-refractivity contribution >= 4 is 5.97 Å². The van der Waals surface area contributed by atoms with Crippen LogP contribution in [0.4, 0.5) is 0 Å². The quantitative estimate of drug-likeness (QED) is 0.699. The molecule has 1 unspecified atom stereocenters. The van der Waals surface area contributed by atoms with E-state index in [1.165, 1.54) is 0 Å². The molecular weight excluding hydrogens is 202 g/mol. The summed E-state index contributed by atoms with van der Waals surface area (Å²) in [4.78, 5) is 11.0. The zero-order valence-electron chi connectivity index (χ0n) is 8.60. The van der Waals surface area contributed by atoms with Crippen LogP contribution in [0.2, 0.25) is 0 Å².